The summed E-state index contributed by atoms with van der Waals surface area (Å²) in [5.41, 5.74) is 2.29. The molecular formula is C15H13N3O2S. The van der Waals surface area contributed by atoms with Crippen LogP contribution in [-0.4, -0.2) is 18.6 Å². The van der Waals surface area contributed by atoms with Crippen molar-refractivity contribution in [3.05, 3.63) is 66.9 Å². The Morgan fingerprint density at radius 1 is 0.905 bits per heavy atom. The highest BCUT2D eigenvalue weighted by Gasteiger charge is 2.17. The third-order valence-electron chi connectivity index (χ3n) is 3.02. The van der Waals surface area contributed by atoms with Crippen molar-refractivity contribution in [3.63, 3.8) is 0 Å². The Labute approximate surface area is 122 Å². The van der Waals surface area contributed by atoms with Gasteiger partial charge in [0.15, 0.2) is 5.03 Å². The SMILES string of the molecule is O=S(=O)(Nc1ccccc1-c1ccccc1)c1ccn[nH]1. The minimum atomic E-state index is -3.67. The van der Waals surface area contributed by atoms with Gasteiger partial charge < -0.3 is 0 Å². The number of H-pyrrole nitrogens is 1. The van der Waals surface area contributed by atoms with E-state index in [1.165, 1.54) is 12.3 Å². The van der Waals surface area contributed by atoms with Crippen molar-refractivity contribution in [3.8, 4) is 11.1 Å². The summed E-state index contributed by atoms with van der Waals surface area (Å²) < 4.78 is 27.1. The molecule has 3 aromatic rings. The van der Waals surface area contributed by atoms with E-state index in [2.05, 4.69) is 14.9 Å². The Hall–Kier alpha value is -2.60. The van der Waals surface area contributed by atoms with Crippen LogP contribution in [0.5, 0.6) is 0 Å². The van der Waals surface area contributed by atoms with Gasteiger partial charge >= 0.3 is 0 Å². The van der Waals surface area contributed by atoms with Crippen LogP contribution in [0.1, 0.15) is 0 Å². The minimum Gasteiger partial charge on any atom is -0.278 e. The standard InChI is InChI=1S/C15H13N3O2S/c19-21(20,15-10-11-16-17-15)18-14-9-5-4-8-13(14)12-6-2-1-3-7-12/h1-11,18H,(H,16,17). The van der Waals surface area contributed by atoms with Gasteiger partial charge in [-0.15, -0.1) is 0 Å². The summed E-state index contributed by atoms with van der Waals surface area (Å²) >= 11 is 0. The lowest BCUT2D eigenvalue weighted by molar-refractivity contribution is 0.597. The molecule has 5 nitrogen and oxygen atoms in total. The Morgan fingerprint density at radius 3 is 2.33 bits per heavy atom. The van der Waals surface area contributed by atoms with Gasteiger partial charge in [-0.3, -0.25) is 9.82 Å². The first-order chi connectivity index (χ1) is 10.2. The molecule has 0 spiro atoms. The molecule has 21 heavy (non-hydrogen) atoms. The van der Waals surface area contributed by atoms with E-state index >= 15 is 0 Å². The number of nitrogens with zero attached hydrogens (tertiary/aromatic N) is 1. The number of aromatic nitrogens is 2. The number of hydrogen-bond donors (Lipinski definition) is 2. The van der Waals surface area contributed by atoms with Crippen LogP contribution in [0.2, 0.25) is 0 Å². The summed E-state index contributed by atoms with van der Waals surface area (Å²) in [6, 6.07) is 18.3. The number of sulfonamides is 1. The van der Waals surface area contributed by atoms with E-state index in [1.807, 2.05) is 42.5 Å². The Kier molecular flexibility index (Phi) is 3.45. The van der Waals surface area contributed by atoms with Gasteiger partial charge in [-0.2, -0.15) is 13.5 Å². The lowest BCUT2D eigenvalue weighted by atomic mass is 10.0. The second kappa shape index (κ2) is 5.41. The topological polar surface area (TPSA) is 74.8 Å². The molecule has 2 N–H and O–H groups in total. The second-order valence-corrected chi connectivity index (χ2v) is 6.09. The van der Waals surface area contributed by atoms with Crippen LogP contribution in [0.15, 0.2) is 71.9 Å². The molecule has 0 saturated heterocycles. The molecule has 0 unspecified atom stereocenters. The van der Waals surface area contributed by atoms with Crippen molar-refractivity contribution in [1.82, 2.24) is 10.2 Å². The lowest BCUT2D eigenvalue weighted by Gasteiger charge is -2.11. The first kappa shape index (κ1) is 13.4. The van der Waals surface area contributed by atoms with Gasteiger partial charge in [-0.05, 0) is 17.7 Å². The lowest BCUT2D eigenvalue weighted by Crippen LogP contribution is -2.14. The molecule has 0 radical (unpaired) electrons. The van der Waals surface area contributed by atoms with E-state index in [-0.39, 0.29) is 5.03 Å². The molecule has 0 amide bonds. The van der Waals surface area contributed by atoms with Gasteiger partial charge in [-0.25, -0.2) is 0 Å². The van der Waals surface area contributed by atoms with E-state index in [0.717, 1.165) is 11.1 Å². The molecule has 0 fully saturated rings. The summed E-state index contributed by atoms with van der Waals surface area (Å²) in [6.07, 6.45) is 1.40. The van der Waals surface area contributed by atoms with E-state index in [9.17, 15) is 8.42 Å². The maximum atomic E-state index is 12.3. The summed E-state index contributed by atoms with van der Waals surface area (Å²) in [5, 5.41) is 6.16. The van der Waals surface area contributed by atoms with Crippen LogP contribution in [-0.2, 0) is 10.0 Å². The highest BCUT2D eigenvalue weighted by Crippen LogP contribution is 2.28. The van der Waals surface area contributed by atoms with E-state index < -0.39 is 10.0 Å². The molecule has 3 rings (SSSR count). The highest BCUT2D eigenvalue weighted by molar-refractivity contribution is 7.92. The third-order valence-corrected chi connectivity index (χ3v) is 4.32. The number of rotatable bonds is 4. The van der Waals surface area contributed by atoms with Crippen molar-refractivity contribution < 1.29 is 8.42 Å². The van der Waals surface area contributed by atoms with Crippen LogP contribution in [0.25, 0.3) is 11.1 Å². The largest absolute Gasteiger partial charge is 0.278 e. The van der Waals surface area contributed by atoms with Crippen LogP contribution >= 0.6 is 0 Å². The van der Waals surface area contributed by atoms with E-state index in [4.69, 9.17) is 0 Å². The molecule has 0 saturated carbocycles. The van der Waals surface area contributed by atoms with Gasteiger partial charge in [0.2, 0.25) is 0 Å². The van der Waals surface area contributed by atoms with Gasteiger partial charge in [0.05, 0.1) is 11.9 Å². The Balaban J connectivity index is 2.01. The maximum absolute atomic E-state index is 12.3. The van der Waals surface area contributed by atoms with Crippen molar-refractivity contribution in [2.45, 2.75) is 5.03 Å². The molecule has 0 bridgehead atoms. The summed E-state index contributed by atoms with van der Waals surface area (Å²) in [6.45, 7) is 0. The third kappa shape index (κ3) is 2.80. The summed E-state index contributed by atoms with van der Waals surface area (Å²) in [5.74, 6) is 0. The molecule has 1 heterocycles. The van der Waals surface area contributed by atoms with E-state index in [0.29, 0.717) is 5.69 Å². The first-order valence-corrected chi connectivity index (χ1v) is 7.82. The zero-order valence-corrected chi connectivity index (χ0v) is 11.8. The number of benzene rings is 2. The molecule has 1 aromatic heterocycles. The van der Waals surface area contributed by atoms with Gasteiger partial charge in [0.25, 0.3) is 10.0 Å². The number of nitrogens with one attached hydrogen (secondary N) is 2. The fraction of sp³-hybridized carbons (Fsp3) is 0. The summed E-state index contributed by atoms with van der Waals surface area (Å²) in [7, 11) is -3.67. The molecule has 0 atom stereocenters. The number of aromatic amines is 1. The molecule has 6 heteroatoms. The van der Waals surface area contributed by atoms with Gasteiger partial charge in [-0.1, -0.05) is 48.5 Å². The quantitative estimate of drug-likeness (QED) is 0.778. The zero-order valence-electron chi connectivity index (χ0n) is 11.0. The predicted molar refractivity (Wildman–Crippen MR) is 81.3 cm³/mol. The molecular weight excluding hydrogens is 286 g/mol. The monoisotopic (exact) mass is 299 g/mol. The molecule has 0 aliphatic carbocycles. The number of para-hydroxylation sites is 1. The average molecular weight is 299 g/mol. The van der Waals surface area contributed by atoms with Crippen LogP contribution < -0.4 is 4.72 Å². The predicted octanol–water partition coefficient (Wildman–Crippen LogP) is 2.88. The van der Waals surface area contributed by atoms with E-state index in [1.54, 1.807) is 12.1 Å². The zero-order chi connectivity index (χ0) is 14.7. The molecule has 2 aromatic carbocycles. The molecule has 0 aliphatic rings. The normalized spacial score (nSPS) is 11.2. The van der Waals surface area contributed by atoms with Crippen molar-refractivity contribution in [2.24, 2.45) is 0 Å². The van der Waals surface area contributed by atoms with Gasteiger partial charge in [0.1, 0.15) is 0 Å². The molecule has 106 valence electrons. The maximum Gasteiger partial charge on any atom is 0.278 e. The van der Waals surface area contributed by atoms with Crippen molar-refractivity contribution in [1.29, 1.82) is 0 Å². The number of anilines is 1. The van der Waals surface area contributed by atoms with Crippen LogP contribution in [0.4, 0.5) is 5.69 Å². The first-order valence-electron chi connectivity index (χ1n) is 6.33. The average Bonchev–Trinajstić information content (AvgIpc) is 3.03. The smallest absolute Gasteiger partial charge is 0.278 e. The highest BCUT2D eigenvalue weighted by atomic mass is 32.2. The van der Waals surface area contributed by atoms with Crippen LogP contribution in [0.3, 0.4) is 0 Å². The fourth-order valence-electron chi connectivity index (χ4n) is 2.03. The Morgan fingerprint density at radius 2 is 1.62 bits per heavy atom. The van der Waals surface area contributed by atoms with Crippen molar-refractivity contribution in [2.75, 3.05) is 4.72 Å². The minimum absolute atomic E-state index is 0.0327. The van der Waals surface area contributed by atoms with Crippen LogP contribution in [0, 0.1) is 0 Å². The summed E-state index contributed by atoms with van der Waals surface area (Å²) in [4.78, 5) is 0. The van der Waals surface area contributed by atoms with Gasteiger partial charge in [0, 0.05) is 5.56 Å². The number of hydrogen-bond acceptors (Lipinski definition) is 3. The molecule has 0 aliphatic heterocycles. The second-order valence-electron chi connectivity index (χ2n) is 4.44. The Bertz CT molecular complexity index is 828. The van der Waals surface area contributed by atoms with Crippen molar-refractivity contribution >= 4 is 15.7 Å². The fourth-order valence-corrected chi connectivity index (χ4v) is 3.02.